The highest BCUT2D eigenvalue weighted by Gasteiger charge is 2.15. The van der Waals surface area contributed by atoms with E-state index in [-0.39, 0.29) is 5.78 Å². The largest absolute Gasteiger partial charge is 0.359 e. The van der Waals surface area contributed by atoms with E-state index in [4.69, 9.17) is 4.98 Å². The van der Waals surface area contributed by atoms with Crippen LogP contribution in [0.15, 0.2) is 36.7 Å². The molecule has 7 heteroatoms. The van der Waals surface area contributed by atoms with Gasteiger partial charge in [-0.25, -0.2) is 15.0 Å². The summed E-state index contributed by atoms with van der Waals surface area (Å²) < 4.78 is 3.17. The number of ketones is 1. The van der Waals surface area contributed by atoms with E-state index in [9.17, 15) is 4.79 Å². The Labute approximate surface area is 173 Å². The van der Waals surface area contributed by atoms with E-state index in [0.717, 1.165) is 21.8 Å². The van der Waals surface area contributed by atoms with Crippen LogP contribution in [0.2, 0.25) is 0 Å². The highest BCUT2D eigenvalue weighted by atomic mass is 32.1. The van der Waals surface area contributed by atoms with Crippen molar-refractivity contribution in [1.82, 2.24) is 19.5 Å². The molecular weight excluding hydrogens is 382 g/mol. The fraction of sp³-hybridized carbons (Fsp3) is 0.364. The van der Waals surface area contributed by atoms with Gasteiger partial charge in [0.1, 0.15) is 11.2 Å². The Morgan fingerprint density at radius 2 is 1.97 bits per heavy atom. The van der Waals surface area contributed by atoms with Crippen LogP contribution in [0.25, 0.3) is 21.4 Å². The predicted molar refractivity (Wildman–Crippen MR) is 117 cm³/mol. The lowest BCUT2D eigenvalue weighted by Gasteiger charge is -2.22. The summed E-state index contributed by atoms with van der Waals surface area (Å²) >= 11 is 1.72. The number of hydrogen-bond acceptors (Lipinski definition) is 6. The van der Waals surface area contributed by atoms with Crippen molar-refractivity contribution in [3.63, 3.8) is 0 Å². The van der Waals surface area contributed by atoms with Crippen LogP contribution in [0.1, 0.15) is 55.1 Å². The van der Waals surface area contributed by atoms with Crippen molar-refractivity contribution >= 4 is 43.6 Å². The zero-order chi connectivity index (χ0) is 19.8. The van der Waals surface area contributed by atoms with Crippen LogP contribution in [0.3, 0.4) is 0 Å². The average molecular weight is 406 g/mol. The van der Waals surface area contributed by atoms with Crippen LogP contribution < -0.4 is 5.32 Å². The number of anilines is 1. The number of nitrogens with zero attached hydrogens (tertiary/aromatic N) is 4. The van der Waals surface area contributed by atoms with Gasteiger partial charge in [0, 0.05) is 13.0 Å². The Hall–Kier alpha value is -2.80. The molecule has 0 aliphatic heterocycles. The SMILES string of the molecule is CC(=O)c1ccc2ncn(Cc3ccc4nc(NC5CCCCC5)sc4c3)c2n1. The molecule has 1 aliphatic rings. The molecule has 0 amide bonds. The van der Waals surface area contributed by atoms with Gasteiger partial charge in [-0.15, -0.1) is 0 Å². The van der Waals surface area contributed by atoms with Gasteiger partial charge in [-0.2, -0.15) is 0 Å². The normalized spacial score (nSPS) is 15.2. The molecule has 29 heavy (non-hydrogen) atoms. The summed E-state index contributed by atoms with van der Waals surface area (Å²) in [6.45, 7) is 2.19. The number of pyridine rings is 1. The van der Waals surface area contributed by atoms with Crippen LogP contribution in [-0.4, -0.2) is 31.3 Å². The second-order valence-electron chi connectivity index (χ2n) is 7.77. The summed E-state index contributed by atoms with van der Waals surface area (Å²) in [5.74, 6) is -0.0382. The molecule has 5 rings (SSSR count). The first-order valence-corrected chi connectivity index (χ1v) is 11.0. The first kappa shape index (κ1) is 18.2. The van der Waals surface area contributed by atoms with Crippen LogP contribution in [0, 0.1) is 0 Å². The van der Waals surface area contributed by atoms with E-state index in [2.05, 4.69) is 33.5 Å². The van der Waals surface area contributed by atoms with Gasteiger partial charge in [-0.05, 0) is 42.7 Å². The minimum absolute atomic E-state index is 0.0382. The molecule has 0 bridgehead atoms. The maximum atomic E-state index is 11.7. The van der Waals surface area contributed by atoms with Gasteiger partial charge >= 0.3 is 0 Å². The maximum absolute atomic E-state index is 11.7. The predicted octanol–water partition coefficient (Wildman–Crippen LogP) is 5.04. The first-order chi connectivity index (χ1) is 14.2. The van der Waals surface area contributed by atoms with Crippen molar-refractivity contribution in [3.05, 3.63) is 47.9 Å². The summed E-state index contributed by atoms with van der Waals surface area (Å²) in [6, 6.07) is 10.5. The lowest BCUT2D eigenvalue weighted by molar-refractivity contribution is 0.101. The Morgan fingerprint density at radius 1 is 1.14 bits per heavy atom. The van der Waals surface area contributed by atoms with Crippen LogP contribution in [0.4, 0.5) is 5.13 Å². The standard InChI is InChI=1S/C22H23N5OS/c1-14(28)17-9-10-19-21(25-17)27(13-23-19)12-15-7-8-18-20(11-15)29-22(26-18)24-16-5-3-2-4-6-16/h7-11,13,16H,2-6,12H2,1H3,(H,24,26). The van der Waals surface area contributed by atoms with Gasteiger partial charge in [0.25, 0.3) is 0 Å². The van der Waals surface area contributed by atoms with Crippen molar-refractivity contribution in [2.45, 2.75) is 51.6 Å². The average Bonchev–Trinajstić information content (AvgIpc) is 3.31. The number of imidazole rings is 1. The topological polar surface area (TPSA) is 72.7 Å². The fourth-order valence-corrected chi connectivity index (χ4v) is 5.01. The highest BCUT2D eigenvalue weighted by molar-refractivity contribution is 7.22. The van der Waals surface area contributed by atoms with E-state index in [1.807, 2.05) is 10.6 Å². The Balaban J connectivity index is 1.40. The Morgan fingerprint density at radius 3 is 2.79 bits per heavy atom. The number of rotatable bonds is 5. The number of nitrogens with one attached hydrogen (secondary N) is 1. The van der Waals surface area contributed by atoms with E-state index < -0.39 is 0 Å². The molecule has 1 N–H and O–H groups in total. The second kappa shape index (κ2) is 7.55. The molecule has 1 aliphatic carbocycles. The van der Waals surface area contributed by atoms with Gasteiger partial charge in [-0.1, -0.05) is 36.7 Å². The van der Waals surface area contributed by atoms with E-state index in [1.54, 1.807) is 23.7 Å². The Kier molecular flexibility index (Phi) is 4.75. The minimum atomic E-state index is -0.0382. The molecule has 1 aromatic carbocycles. The number of fused-ring (bicyclic) bond motifs is 2. The van der Waals surface area contributed by atoms with Gasteiger partial charge in [0.2, 0.25) is 0 Å². The number of carbonyl (C=O) groups is 1. The molecule has 0 unspecified atom stereocenters. The smallest absolute Gasteiger partial charge is 0.184 e. The summed E-state index contributed by atoms with van der Waals surface area (Å²) in [7, 11) is 0. The maximum Gasteiger partial charge on any atom is 0.184 e. The number of thiazole rings is 1. The summed E-state index contributed by atoms with van der Waals surface area (Å²) in [5.41, 5.74) is 4.20. The van der Waals surface area contributed by atoms with Crippen molar-refractivity contribution < 1.29 is 4.79 Å². The minimum Gasteiger partial charge on any atom is -0.359 e. The number of carbonyl (C=O) groups excluding carboxylic acids is 1. The molecule has 1 fully saturated rings. The van der Waals surface area contributed by atoms with E-state index in [1.165, 1.54) is 49.3 Å². The van der Waals surface area contributed by atoms with Crippen molar-refractivity contribution in [2.24, 2.45) is 0 Å². The van der Waals surface area contributed by atoms with Crippen molar-refractivity contribution in [2.75, 3.05) is 5.32 Å². The van der Waals surface area contributed by atoms with Gasteiger partial charge in [0.15, 0.2) is 16.6 Å². The number of benzene rings is 1. The monoisotopic (exact) mass is 405 g/mol. The van der Waals surface area contributed by atoms with E-state index in [0.29, 0.717) is 18.3 Å². The molecule has 1 saturated carbocycles. The van der Waals surface area contributed by atoms with Crippen molar-refractivity contribution in [1.29, 1.82) is 0 Å². The van der Waals surface area contributed by atoms with Crippen LogP contribution in [-0.2, 0) is 6.54 Å². The van der Waals surface area contributed by atoms with Crippen molar-refractivity contribution in [3.8, 4) is 0 Å². The summed E-state index contributed by atoms with van der Waals surface area (Å²) in [6.07, 6.45) is 8.24. The van der Waals surface area contributed by atoms with Crippen LogP contribution >= 0.6 is 11.3 Å². The molecular formula is C22H23N5OS. The third-order valence-electron chi connectivity index (χ3n) is 5.56. The molecule has 6 nitrogen and oxygen atoms in total. The number of hydrogen-bond donors (Lipinski definition) is 1. The highest BCUT2D eigenvalue weighted by Crippen LogP contribution is 2.30. The molecule has 3 aromatic heterocycles. The lowest BCUT2D eigenvalue weighted by Crippen LogP contribution is -2.21. The van der Waals surface area contributed by atoms with Gasteiger partial charge in [0.05, 0.1) is 23.1 Å². The molecule has 148 valence electrons. The third-order valence-corrected chi connectivity index (χ3v) is 6.51. The van der Waals surface area contributed by atoms with E-state index >= 15 is 0 Å². The number of Topliss-reactive ketones (excluding diaryl/α,β-unsaturated/α-hetero) is 1. The van der Waals surface area contributed by atoms with Gasteiger partial charge < -0.3 is 9.88 Å². The molecule has 0 atom stereocenters. The molecule has 0 radical (unpaired) electrons. The summed E-state index contributed by atoms with van der Waals surface area (Å²) in [5, 5.41) is 4.64. The van der Waals surface area contributed by atoms with Gasteiger partial charge in [-0.3, -0.25) is 4.79 Å². The quantitative estimate of drug-likeness (QED) is 0.471. The second-order valence-corrected chi connectivity index (χ2v) is 8.80. The van der Waals surface area contributed by atoms with Crippen LogP contribution in [0.5, 0.6) is 0 Å². The first-order valence-electron chi connectivity index (χ1n) is 10.1. The fourth-order valence-electron chi connectivity index (χ4n) is 4.00. The number of aromatic nitrogens is 4. The lowest BCUT2D eigenvalue weighted by atomic mass is 9.96. The zero-order valence-corrected chi connectivity index (χ0v) is 17.2. The molecule has 4 aromatic rings. The zero-order valence-electron chi connectivity index (χ0n) is 16.4. The molecule has 0 spiro atoms. The molecule has 0 saturated heterocycles. The third kappa shape index (κ3) is 3.74. The summed E-state index contributed by atoms with van der Waals surface area (Å²) in [4.78, 5) is 25.3. The Bertz CT molecular complexity index is 1190. The molecule has 3 heterocycles.